The molecule has 1 aliphatic heterocycles. The Morgan fingerprint density at radius 3 is 2.30 bits per heavy atom. The van der Waals surface area contributed by atoms with Crippen molar-refractivity contribution in [3.63, 3.8) is 0 Å². The standard InChI is InChI=1S/C34H47NO11/c1-7-35-15-31(16-41-3)20(37)13-21(42-4)33-19-14-32(40)28(45-30(39)18-11-9-8-10-12-18)22(19)34(46-17(2)36,27(38)29(32)44-6)23(26(33)35)24(43-5)25(31)33/h8-12,19-29,37-38,40H,7,13-16H2,1-6H3/t19-,20+,21-,22-,23-,24+,25+,26+,27-,28-,29+,31+,32-,33-,34-/m1/s1. The van der Waals surface area contributed by atoms with Gasteiger partial charge in [0.2, 0.25) is 0 Å². The van der Waals surface area contributed by atoms with Gasteiger partial charge in [0.15, 0.2) is 5.60 Å². The molecule has 1 aromatic rings. The number of ether oxygens (including phenoxy) is 6. The van der Waals surface area contributed by atoms with Crippen molar-refractivity contribution >= 4 is 11.9 Å². The Kier molecular flexibility index (Phi) is 7.69. The number of carbonyl (C=O) groups excluding carboxylic acids is 2. The molecule has 1 saturated heterocycles. The summed E-state index contributed by atoms with van der Waals surface area (Å²) in [6, 6.07) is 8.18. The number of fused-ring (bicyclic) bond motifs is 2. The largest absolute Gasteiger partial charge is 0.455 e. The molecule has 6 fully saturated rings. The summed E-state index contributed by atoms with van der Waals surface area (Å²) in [5.41, 5.74) is -4.79. The maximum Gasteiger partial charge on any atom is 0.338 e. The van der Waals surface area contributed by atoms with Gasteiger partial charge in [-0.2, -0.15) is 0 Å². The summed E-state index contributed by atoms with van der Waals surface area (Å²) in [6.07, 6.45) is -5.49. The molecule has 254 valence electrons. The number of aliphatic hydroxyl groups is 3. The van der Waals surface area contributed by atoms with Gasteiger partial charge in [0, 0.05) is 83.0 Å². The maximum absolute atomic E-state index is 13.8. The Morgan fingerprint density at radius 2 is 1.72 bits per heavy atom. The summed E-state index contributed by atoms with van der Waals surface area (Å²) in [4.78, 5) is 29.3. The lowest BCUT2D eigenvalue weighted by Gasteiger charge is -2.70. The molecule has 12 nitrogen and oxygen atoms in total. The first-order chi connectivity index (χ1) is 22.0. The summed E-state index contributed by atoms with van der Waals surface area (Å²) in [6.45, 7) is 4.68. The molecule has 7 rings (SSSR count). The maximum atomic E-state index is 13.8. The number of hydrogen-bond acceptors (Lipinski definition) is 12. The van der Waals surface area contributed by atoms with Crippen LogP contribution in [0.1, 0.15) is 37.0 Å². The number of esters is 2. The fraction of sp³-hybridized carbons (Fsp3) is 0.765. The average Bonchev–Trinajstić information content (AvgIpc) is 3.41. The molecule has 6 aliphatic rings. The number of benzene rings is 1. The second kappa shape index (κ2) is 10.9. The number of nitrogens with zero attached hydrogens (tertiary/aromatic N) is 1. The second-order valence-electron chi connectivity index (χ2n) is 14.4. The number of aliphatic hydroxyl groups excluding tert-OH is 2. The van der Waals surface area contributed by atoms with Crippen LogP contribution in [-0.2, 0) is 33.2 Å². The molecule has 3 N–H and O–H groups in total. The number of methoxy groups -OCH3 is 4. The molecule has 12 heteroatoms. The van der Waals surface area contributed by atoms with Crippen LogP contribution in [0.4, 0.5) is 0 Å². The molecule has 0 amide bonds. The number of piperidine rings is 1. The van der Waals surface area contributed by atoms with Crippen LogP contribution in [0.5, 0.6) is 0 Å². The molecule has 46 heavy (non-hydrogen) atoms. The third-order valence-corrected chi connectivity index (χ3v) is 13.2. The van der Waals surface area contributed by atoms with E-state index in [1.807, 2.05) is 6.92 Å². The predicted molar refractivity (Wildman–Crippen MR) is 160 cm³/mol. The zero-order chi connectivity index (χ0) is 33.0. The summed E-state index contributed by atoms with van der Waals surface area (Å²) in [5, 5.41) is 37.3. The van der Waals surface area contributed by atoms with Gasteiger partial charge in [-0.3, -0.25) is 9.69 Å². The first kappa shape index (κ1) is 32.4. The lowest BCUT2D eigenvalue weighted by atomic mass is 9.42. The molecule has 7 bridgehead atoms. The fourth-order valence-corrected chi connectivity index (χ4v) is 12.3. The highest BCUT2D eigenvalue weighted by molar-refractivity contribution is 5.89. The topological polar surface area (TPSA) is 153 Å². The smallest absolute Gasteiger partial charge is 0.338 e. The van der Waals surface area contributed by atoms with Crippen LogP contribution < -0.4 is 0 Å². The van der Waals surface area contributed by atoms with E-state index in [1.165, 1.54) is 14.0 Å². The summed E-state index contributed by atoms with van der Waals surface area (Å²) in [5.74, 6) is -3.65. The van der Waals surface area contributed by atoms with Gasteiger partial charge in [-0.25, -0.2) is 4.79 Å². The zero-order valence-electron chi connectivity index (χ0n) is 27.3. The van der Waals surface area contributed by atoms with Crippen molar-refractivity contribution < 1.29 is 53.3 Å². The van der Waals surface area contributed by atoms with Gasteiger partial charge in [0.05, 0.1) is 30.5 Å². The first-order valence-electron chi connectivity index (χ1n) is 16.3. The van der Waals surface area contributed by atoms with Crippen molar-refractivity contribution in [2.75, 3.05) is 48.1 Å². The van der Waals surface area contributed by atoms with Crippen molar-refractivity contribution in [2.45, 2.75) is 80.6 Å². The summed E-state index contributed by atoms with van der Waals surface area (Å²) in [7, 11) is 6.27. The number of likely N-dealkylation sites (tertiary alicyclic amines) is 1. The molecule has 5 aliphatic carbocycles. The van der Waals surface area contributed by atoms with Crippen LogP contribution in [0.25, 0.3) is 0 Å². The minimum atomic E-state index is -1.83. The van der Waals surface area contributed by atoms with Crippen LogP contribution in [0.3, 0.4) is 0 Å². The molecular weight excluding hydrogens is 598 g/mol. The van der Waals surface area contributed by atoms with E-state index >= 15 is 0 Å². The van der Waals surface area contributed by atoms with Crippen molar-refractivity contribution in [3.05, 3.63) is 35.9 Å². The van der Waals surface area contributed by atoms with E-state index < -0.39 is 88.3 Å². The van der Waals surface area contributed by atoms with Gasteiger partial charge >= 0.3 is 11.9 Å². The lowest BCUT2D eigenvalue weighted by Crippen LogP contribution is -2.81. The van der Waals surface area contributed by atoms with E-state index in [9.17, 15) is 24.9 Å². The van der Waals surface area contributed by atoms with Gasteiger partial charge in [0.25, 0.3) is 0 Å². The predicted octanol–water partition coefficient (Wildman–Crippen LogP) is 0.648. The highest BCUT2D eigenvalue weighted by Crippen LogP contribution is 2.80. The highest BCUT2D eigenvalue weighted by Gasteiger charge is 2.92. The van der Waals surface area contributed by atoms with Gasteiger partial charge in [0.1, 0.15) is 23.9 Å². The Labute approximate surface area is 269 Å². The minimum absolute atomic E-state index is 0.0791. The van der Waals surface area contributed by atoms with Crippen LogP contribution in [-0.4, -0.2) is 134 Å². The Bertz CT molecular complexity index is 1360. The third kappa shape index (κ3) is 3.62. The Morgan fingerprint density at radius 1 is 1.00 bits per heavy atom. The van der Waals surface area contributed by atoms with Crippen molar-refractivity contribution in [2.24, 2.45) is 34.5 Å². The second-order valence-corrected chi connectivity index (χ2v) is 14.4. The number of carbonyl (C=O) groups is 2. The van der Waals surface area contributed by atoms with Crippen LogP contribution in [0.2, 0.25) is 0 Å². The zero-order valence-corrected chi connectivity index (χ0v) is 27.3. The fourth-order valence-electron chi connectivity index (χ4n) is 12.3. The molecule has 0 aromatic heterocycles. The first-order valence-corrected chi connectivity index (χ1v) is 16.3. The average molecular weight is 646 g/mol. The van der Waals surface area contributed by atoms with Crippen LogP contribution in [0.15, 0.2) is 30.3 Å². The summed E-state index contributed by atoms with van der Waals surface area (Å²) < 4.78 is 37.4. The number of hydrogen-bond donors (Lipinski definition) is 3. The van der Waals surface area contributed by atoms with Crippen LogP contribution >= 0.6 is 0 Å². The quantitative estimate of drug-likeness (QED) is 0.323. The molecule has 0 radical (unpaired) electrons. The molecule has 1 heterocycles. The SMILES string of the molecule is CCN1C[C@]2(COC)[C@@H](O)C[C@@H](OC)[C@]34[C@@H]5C[C@@]6(O)[C@H](OC(=O)c7ccccc7)[C@@H]5[C@@](OC(C)=O)([C@H]([C@H](OC)[C@@H]23)[C@H]14)[C@H](O)[C@@H]6OC. The molecular formula is C34H47NO11. The molecule has 0 unspecified atom stereocenters. The van der Waals surface area contributed by atoms with Gasteiger partial charge < -0.3 is 43.7 Å². The highest BCUT2D eigenvalue weighted by atomic mass is 16.6. The van der Waals surface area contributed by atoms with Crippen LogP contribution in [0, 0.1) is 34.5 Å². The molecule has 1 spiro atoms. The number of rotatable bonds is 9. The molecule has 5 saturated carbocycles. The normalized spacial score (nSPS) is 49.9. The lowest BCUT2D eigenvalue weighted by molar-refractivity contribution is -0.322. The van der Waals surface area contributed by atoms with Gasteiger partial charge in [-0.05, 0) is 31.0 Å². The third-order valence-electron chi connectivity index (χ3n) is 13.2. The minimum Gasteiger partial charge on any atom is -0.455 e. The Hall–Kier alpha value is -2.16. The Balaban J connectivity index is 1.53. The van der Waals surface area contributed by atoms with Gasteiger partial charge in [-0.1, -0.05) is 25.1 Å². The van der Waals surface area contributed by atoms with E-state index in [1.54, 1.807) is 51.7 Å². The van der Waals surface area contributed by atoms with E-state index in [2.05, 4.69) is 4.90 Å². The van der Waals surface area contributed by atoms with E-state index in [-0.39, 0.29) is 25.0 Å². The van der Waals surface area contributed by atoms with E-state index in [0.717, 1.165) is 0 Å². The molecule has 1 aromatic carbocycles. The van der Waals surface area contributed by atoms with Crippen molar-refractivity contribution in [3.8, 4) is 0 Å². The van der Waals surface area contributed by atoms with Gasteiger partial charge in [-0.15, -0.1) is 0 Å². The van der Waals surface area contributed by atoms with Crippen molar-refractivity contribution in [1.29, 1.82) is 0 Å². The van der Waals surface area contributed by atoms with E-state index in [4.69, 9.17) is 28.4 Å². The van der Waals surface area contributed by atoms with Crippen molar-refractivity contribution in [1.82, 2.24) is 4.90 Å². The van der Waals surface area contributed by atoms with E-state index in [0.29, 0.717) is 25.1 Å². The molecule has 15 atom stereocenters. The monoisotopic (exact) mass is 645 g/mol. The summed E-state index contributed by atoms with van der Waals surface area (Å²) >= 11 is 0.